The summed E-state index contributed by atoms with van der Waals surface area (Å²) in [4.78, 5) is -0.0669. The van der Waals surface area contributed by atoms with Gasteiger partial charge >= 0.3 is 0 Å². The summed E-state index contributed by atoms with van der Waals surface area (Å²) in [5.41, 5.74) is 0.896. The Morgan fingerprint density at radius 1 is 0.448 bits per heavy atom. The van der Waals surface area contributed by atoms with Crippen LogP contribution in [0.5, 0.6) is 0 Å². The van der Waals surface area contributed by atoms with Crippen molar-refractivity contribution in [1.82, 2.24) is 0 Å². The smallest absolute Gasteiger partial charge is 0.207 e. The third-order valence-corrected chi connectivity index (χ3v) is 6.55. The maximum Gasteiger partial charge on any atom is 0.207 e. The van der Waals surface area contributed by atoms with Gasteiger partial charge in [0.1, 0.15) is 11.6 Å². The van der Waals surface area contributed by atoms with Gasteiger partial charge in [-0.15, -0.1) is 0 Å². The van der Waals surface area contributed by atoms with Gasteiger partial charge in [0.25, 0.3) is 0 Å². The van der Waals surface area contributed by atoms with Crippen LogP contribution >= 0.6 is 0 Å². The third-order valence-electron chi connectivity index (χ3n) is 4.68. The average Bonchev–Trinajstić information content (AvgIpc) is 2.74. The molecule has 4 rings (SSSR count). The number of sulfone groups is 1. The lowest BCUT2D eigenvalue weighted by molar-refractivity contribution is 0.596. The van der Waals surface area contributed by atoms with Crippen molar-refractivity contribution >= 4 is 9.84 Å². The van der Waals surface area contributed by atoms with Crippen LogP contribution in [0.15, 0.2) is 107 Å². The van der Waals surface area contributed by atoms with Crippen molar-refractivity contribution in [2.75, 3.05) is 0 Å². The van der Waals surface area contributed by atoms with Crippen molar-refractivity contribution in [3.05, 3.63) is 109 Å². The molecule has 0 N–H and O–H groups in total. The zero-order chi connectivity index (χ0) is 20.4. The summed E-state index contributed by atoms with van der Waals surface area (Å²) < 4.78 is 56.0. The molecule has 0 aliphatic carbocycles. The molecule has 144 valence electrons. The first-order chi connectivity index (χ1) is 14.0. The zero-order valence-corrected chi connectivity index (χ0v) is 16.0. The summed E-state index contributed by atoms with van der Waals surface area (Å²) in [6.45, 7) is 0. The first kappa shape index (κ1) is 19.0. The van der Waals surface area contributed by atoms with E-state index in [0.29, 0.717) is 0 Å². The minimum absolute atomic E-state index is 0.0334. The predicted octanol–water partition coefficient (Wildman–Crippen LogP) is 6.13. The Labute approximate surface area is 168 Å². The molecule has 0 amide bonds. The molecule has 0 aliphatic rings. The number of hydrogen-bond acceptors (Lipinski definition) is 2. The van der Waals surface area contributed by atoms with E-state index in [1.165, 1.54) is 36.4 Å². The lowest BCUT2D eigenvalue weighted by atomic mass is 10.1. The first-order valence-corrected chi connectivity index (χ1v) is 10.4. The Kier molecular flexibility index (Phi) is 4.99. The summed E-state index contributed by atoms with van der Waals surface area (Å²) in [6.07, 6.45) is 0. The highest BCUT2D eigenvalue weighted by atomic mass is 32.2. The van der Waals surface area contributed by atoms with Gasteiger partial charge < -0.3 is 0 Å². The SMILES string of the molecule is O=S(=O)(c1ccccc1-c1ccccc1F)c1ccccc1-c1ccccc1F. The van der Waals surface area contributed by atoms with Crippen molar-refractivity contribution in [2.45, 2.75) is 9.79 Å². The minimum atomic E-state index is -4.06. The maximum atomic E-state index is 14.4. The summed E-state index contributed by atoms with van der Waals surface area (Å²) in [5, 5.41) is 0. The Morgan fingerprint density at radius 2 is 0.759 bits per heavy atom. The molecule has 0 spiro atoms. The molecule has 0 aliphatic heterocycles. The van der Waals surface area contributed by atoms with Gasteiger partial charge in [-0.25, -0.2) is 17.2 Å². The highest BCUT2D eigenvalue weighted by molar-refractivity contribution is 7.91. The Hall–Kier alpha value is -3.31. The molecule has 0 saturated heterocycles. The summed E-state index contributed by atoms with van der Waals surface area (Å²) in [6, 6.07) is 24.5. The number of halogens is 2. The van der Waals surface area contributed by atoms with Gasteiger partial charge in [0.05, 0.1) is 9.79 Å². The monoisotopic (exact) mass is 406 g/mol. The van der Waals surface area contributed by atoms with Crippen molar-refractivity contribution in [1.29, 1.82) is 0 Å². The molecule has 0 atom stereocenters. The second-order valence-electron chi connectivity index (χ2n) is 6.46. The number of rotatable bonds is 4. The lowest BCUT2D eigenvalue weighted by Gasteiger charge is -2.15. The van der Waals surface area contributed by atoms with Gasteiger partial charge in [-0.3, -0.25) is 0 Å². The van der Waals surface area contributed by atoms with Crippen LogP contribution in [0, 0.1) is 11.6 Å². The lowest BCUT2D eigenvalue weighted by Crippen LogP contribution is -2.06. The highest BCUT2D eigenvalue weighted by Crippen LogP contribution is 2.37. The van der Waals surface area contributed by atoms with E-state index in [2.05, 4.69) is 0 Å². The molecule has 0 aromatic heterocycles. The fourth-order valence-electron chi connectivity index (χ4n) is 3.32. The van der Waals surface area contributed by atoms with Crippen molar-refractivity contribution < 1.29 is 17.2 Å². The largest absolute Gasteiger partial charge is 0.218 e. The van der Waals surface area contributed by atoms with E-state index in [9.17, 15) is 17.2 Å². The van der Waals surface area contributed by atoms with Gasteiger partial charge in [-0.1, -0.05) is 72.8 Å². The van der Waals surface area contributed by atoms with E-state index in [0.717, 1.165) is 0 Å². The van der Waals surface area contributed by atoms with Gasteiger partial charge in [0, 0.05) is 22.3 Å². The van der Waals surface area contributed by atoms with Crippen LogP contribution in [-0.2, 0) is 9.84 Å². The molecular formula is C24H16F2O2S. The second-order valence-corrected chi connectivity index (χ2v) is 8.34. The molecule has 0 saturated carbocycles. The number of hydrogen-bond donors (Lipinski definition) is 0. The number of benzene rings is 4. The molecule has 0 heterocycles. The Morgan fingerprint density at radius 3 is 1.14 bits per heavy atom. The van der Waals surface area contributed by atoms with E-state index in [1.807, 2.05) is 0 Å². The molecule has 4 aromatic rings. The topological polar surface area (TPSA) is 34.1 Å². The van der Waals surface area contributed by atoms with Crippen LogP contribution in [0.4, 0.5) is 8.78 Å². The molecule has 29 heavy (non-hydrogen) atoms. The van der Waals surface area contributed by atoms with Crippen LogP contribution in [0.1, 0.15) is 0 Å². The van der Waals surface area contributed by atoms with Gasteiger partial charge in [0.15, 0.2) is 0 Å². The first-order valence-electron chi connectivity index (χ1n) is 8.93. The molecule has 5 heteroatoms. The van der Waals surface area contributed by atoms with Crippen LogP contribution in [-0.4, -0.2) is 8.42 Å². The van der Waals surface area contributed by atoms with Gasteiger partial charge in [-0.05, 0) is 24.3 Å². The minimum Gasteiger partial charge on any atom is -0.218 e. The second kappa shape index (κ2) is 7.60. The van der Waals surface area contributed by atoms with Crippen molar-refractivity contribution in [3.63, 3.8) is 0 Å². The summed E-state index contributed by atoms with van der Waals surface area (Å²) in [7, 11) is -4.06. The molecular weight excluding hydrogens is 390 g/mol. The Bertz CT molecular complexity index is 1200. The van der Waals surface area contributed by atoms with Crippen LogP contribution in [0.2, 0.25) is 0 Å². The molecule has 0 radical (unpaired) electrons. The van der Waals surface area contributed by atoms with Crippen molar-refractivity contribution in [2.24, 2.45) is 0 Å². The zero-order valence-electron chi connectivity index (χ0n) is 15.2. The van der Waals surface area contributed by atoms with E-state index in [1.54, 1.807) is 60.7 Å². The van der Waals surface area contributed by atoms with Gasteiger partial charge in [-0.2, -0.15) is 0 Å². The standard InChI is InChI=1S/C24H16F2O2S/c25-21-13-5-1-9-17(21)19-11-3-7-15-23(19)29(27,28)24-16-8-4-12-20(24)18-10-2-6-14-22(18)26/h1-16H. The van der Waals surface area contributed by atoms with Crippen molar-refractivity contribution in [3.8, 4) is 22.3 Å². The normalized spacial score (nSPS) is 11.4. The third kappa shape index (κ3) is 3.45. The van der Waals surface area contributed by atoms with E-state index in [4.69, 9.17) is 0 Å². The summed E-state index contributed by atoms with van der Waals surface area (Å²) in [5.74, 6) is -1.03. The predicted molar refractivity (Wildman–Crippen MR) is 109 cm³/mol. The van der Waals surface area contributed by atoms with Gasteiger partial charge in [0.2, 0.25) is 9.84 Å². The molecule has 0 bridgehead atoms. The highest BCUT2D eigenvalue weighted by Gasteiger charge is 2.26. The average molecular weight is 406 g/mol. The quantitative estimate of drug-likeness (QED) is 0.408. The molecule has 0 fully saturated rings. The maximum absolute atomic E-state index is 14.4. The van der Waals surface area contributed by atoms with E-state index in [-0.39, 0.29) is 32.0 Å². The molecule has 0 unspecified atom stereocenters. The van der Waals surface area contributed by atoms with E-state index >= 15 is 0 Å². The molecule has 2 nitrogen and oxygen atoms in total. The molecule has 4 aromatic carbocycles. The van der Waals surface area contributed by atoms with Crippen LogP contribution in [0.25, 0.3) is 22.3 Å². The van der Waals surface area contributed by atoms with Crippen LogP contribution in [0.3, 0.4) is 0 Å². The Balaban J connectivity index is 1.96. The fourth-order valence-corrected chi connectivity index (χ4v) is 5.01. The van der Waals surface area contributed by atoms with Crippen LogP contribution < -0.4 is 0 Å². The van der Waals surface area contributed by atoms with E-state index < -0.39 is 21.5 Å². The fraction of sp³-hybridized carbons (Fsp3) is 0. The summed E-state index contributed by atoms with van der Waals surface area (Å²) >= 11 is 0.